The van der Waals surface area contributed by atoms with Crippen molar-refractivity contribution >= 4 is 23.5 Å². The summed E-state index contributed by atoms with van der Waals surface area (Å²) in [6, 6.07) is 1.41. The molecule has 8 nitrogen and oxygen atoms in total. The lowest BCUT2D eigenvalue weighted by Gasteiger charge is -2.33. The highest BCUT2D eigenvalue weighted by atomic mass is 19.4. The number of nitrogens with one attached hydrogen (secondary N) is 4. The van der Waals surface area contributed by atoms with Gasteiger partial charge in [0.05, 0.1) is 17.6 Å². The van der Waals surface area contributed by atoms with Crippen molar-refractivity contribution in [3.63, 3.8) is 0 Å². The molecule has 0 aromatic carbocycles. The first kappa shape index (κ1) is 21.3. The zero-order valence-corrected chi connectivity index (χ0v) is 16.9. The van der Waals surface area contributed by atoms with E-state index in [1.165, 1.54) is 24.9 Å². The largest absolute Gasteiger partial charge is 0.405 e. The normalized spacial score (nSPS) is 18.4. The van der Waals surface area contributed by atoms with E-state index in [2.05, 4.69) is 30.7 Å². The average Bonchev–Trinajstić information content (AvgIpc) is 3.45. The first-order valence-electron chi connectivity index (χ1n) is 10.2. The lowest BCUT2D eigenvalue weighted by atomic mass is 10.1. The van der Waals surface area contributed by atoms with Gasteiger partial charge in [0.25, 0.3) is 0 Å². The monoisotopic (exact) mass is 435 g/mol. The Balaban J connectivity index is 1.54. The number of halogens is 3. The summed E-state index contributed by atoms with van der Waals surface area (Å²) in [6.45, 7) is 0.585. The summed E-state index contributed by atoms with van der Waals surface area (Å²) >= 11 is 0. The van der Waals surface area contributed by atoms with Crippen LogP contribution in [0.3, 0.4) is 0 Å². The third-order valence-electron chi connectivity index (χ3n) is 5.82. The molecule has 1 amide bonds. The molecule has 0 radical (unpaired) electrons. The lowest BCUT2D eigenvalue weighted by molar-refractivity contribution is -0.123. The van der Waals surface area contributed by atoms with Gasteiger partial charge in [0.15, 0.2) is 0 Å². The molecule has 2 aliphatic rings. The number of H-pyrrole nitrogens is 1. The fourth-order valence-electron chi connectivity index (χ4n) is 4.01. The van der Waals surface area contributed by atoms with Gasteiger partial charge in [-0.15, -0.1) is 0 Å². The summed E-state index contributed by atoms with van der Waals surface area (Å²) < 4.78 is 37.9. The smallest absolute Gasteiger partial charge is 0.376 e. The van der Waals surface area contributed by atoms with Crippen LogP contribution in [0.15, 0.2) is 18.5 Å². The van der Waals surface area contributed by atoms with E-state index in [0.29, 0.717) is 17.1 Å². The van der Waals surface area contributed by atoms with E-state index in [4.69, 9.17) is 5.41 Å². The maximum Gasteiger partial charge on any atom is 0.405 e. The van der Waals surface area contributed by atoms with Crippen molar-refractivity contribution in [3.8, 4) is 11.4 Å². The second-order valence-corrected chi connectivity index (χ2v) is 7.96. The molecule has 0 spiro atoms. The van der Waals surface area contributed by atoms with Crippen LogP contribution in [0.4, 0.5) is 24.5 Å². The minimum atomic E-state index is -4.40. The molecule has 1 saturated heterocycles. The molecule has 31 heavy (non-hydrogen) atoms. The molecule has 1 saturated carbocycles. The van der Waals surface area contributed by atoms with E-state index in [1.54, 1.807) is 0 Å². The number of hydrogen-bond donors (Lipinski definition) is 4. The van der Waals surface area contributed by atoms with Crippen LogP contribution >= 0.6 is 0 Å². The highest BCUT2D eigenvalue weighted by Crippen LogP contribution is 2.44. The molecular weight excluding hydrogens is 411 g/mol. The van der Waals surface area contributed by atoms with Crippen molar-refractivity contribution in [2.24, 2.45) is 0 Å². The number of nitrogens with zero attached hydrogens (tertiary/aromatic N) is 3. The molecule has 1 aliphatic heterocycles. The molecule has 3 heterocycles. The Kier molecular flexibility index (Phi) is 5.69. The minimum absolute atomic E-state index is 0.0939. The Morgan fingerprint density at radius 3 is 2.61 bits per heavy atom. The fraction of sp³-hybridized carbons (Fsp3) is 0.500. The Labute approximate surface area is 177 Å². The van der Waals surface area contributed by atoms with Crippen molar-refractivity contribution in [2.75, 3.05) is 30.3 Å². The molecular formula is C20H24F3N7O. The highest BCUT2D eigenvalue weighted by Gasteiger charge is 2.54. The molecule has 166 valence electrons. The van der Waals surface area contributed by atoms with Crippen LogP contribution in [0.2, 0.25) is 0 Å². The van der Waals surface area contributed by atoms with E-state index in [-0.39, 0.29) is 17.2 Å². The van der Waals surface area contributed by atoms with Gasteiger partial charge >= 0.3 is 6.18 Å². The number of amides is 1. The number of anilines is 2. The zero-order valence-electron chi connectivity index (χ0n) is 16.9. The number of carbonyl (C=O) groups excluding carboxylic acids is 1. The quantitative estimate of drug-likeness (QED) is 0.499. The fourth-order valence-corrected chi connectivity index (χ4v) is 4.01. The van der Waals surface area contributed by atoms with E-state index in [9.17, 15) is 18.0 Å². The van der Waals surface area contributed by atoms with Gasteiger partial charge in [0, 0.05) is 23.7 Å². The second-order valence-electron chi connectivity index (χ2n) is 7.96. The molecule has 0 unspecified atom stereocenters. The second kappa shape index (κ2) is 8.29. The maximum atomic E-state index is 13.1. The number of piperidine rings is 1. The molecule has 2 aromatic heterocycles. The van der Waals surface area contributed by atoms with Gasteiger partial charge in [0.1, 0.15) is 17.8 Å². The standard InChI is InChI=1S/C20H24F3N7O/c21-20(22,23)12-26-14-8-15(25-10-13(14)9-24)17-16(11-27-29-17)28-18(31)19(4-5-19)30-6-2-1-3-7-30/h8-11,24H,1-7,12H2,(H,25,26)(H,27,29)(H,28,31). The minimum Gasteiger partial charge on any atom is -0.376 e. The first-order chi connectivity index (χ1) is 14.8. The Bertz CT molecular complexity index is 962. The number of hydrogen-bond acceptors (Lipinski definition) is 6. The number of alkyl halides is 3. The Hall–Kier alpha value is -2.95. The van der Waals surface area contributed by atoms with Crippen molar-refractivity contribution in [2.45, 2.75) is 43.8 Å². The van der Waals surface area contributed by atoms with Gasteiger partial charge in [-0.1, -0.05) is 6.42 Å². The average molecular weight is 435 g/mol. The van der Waals surface area contributed by atoms with E-state index < -0.39 is 18.3 Å². The van der Waals surface area contributed by atoms with Crippen LogP contribution < -0.4 is 10.6 Å². The number of carbonyl (C=O) groups is 1. The third kappa shape index (κ3) is 4.55. The van der Waals surface area contributed by atoms with Crippen LogP contribution in [0.5, 0.6) is 0 Å². The van der Waals surface area contributed by atoms with Crippen molar-refractivity contribution in [1.82, 2.24) is 20.1 Å². The molecule has 0 bridgehead atoms. The van der Waals surface area contributed by atoms with Gasteiger partial charge in [-0.3, -0.25) is 19.8 Å². The number of pyridine rings is 1. The summed E-state index contributed by atoms with van der Waals surface area (Å²) in [7, 11) is 0. The molecule has 1 aliphatic carbocycles. The van der Waals surface area contributed by atoms with Gasteiger partial charge in [-0.25, -0.2) is 0 Å². The highest BCUT2D eigenvalue weighted by molar-refractivity contribution is 6.02. The SMILES string of the molecule is N=Cc1cnc(-c2[nH]ncc2NC(=O)C2(N3CCCCC3)CC2)cc1NCC(F)(F)F. The molecule has 4 N–H and O–H groups in total. The van der Waals surface area contributed by atoms with Crippen LogP contribution in [-0.2, 0) is 4.79 Å². The molecule has 11 heteroatoms. The topological polar surface area (TPSA) is 110 Å². The summed E-state index contributed by atoms with van der Waals surface area (Å²) in [5.74, 6) is -0.0939. The van der Waals surface area contributed by atoms with Gasteiger partial charge < -0.3 is 16.0 Å². The van der Waals surface area contributed by atoms with E-state index in [0.717, 1.165) is 45.0 Å². The number of rotatable bonds is 7. The van der Waals surface area contributed by atoms with Crippen LogP contribution in [0.1, 0.15) is 37.7 Å². The van der Waals surface area contributed by atoms with Crippen molar-refractivity contribution in [1.29, 1.82) is 5.41 Å². The first-order valence-corrected chi connectivity index (χ1v) is 10.2. The Morgan fingerprint density at radius 2 is 1.97 bits per heavy atom. The summed E-state index contributed by atoms with van der Waals surface area (Å²) in [6.07, 6.45) is 4.28. The number of likely N-dealkylation sites (tertiary alicyclic amines) is 1. The van der Waals surface area contributed by atoms with Crippen molar-refractivity contribution < 1.29 is 18.0 Å². The summed E-state index contributed by atoms with van der Waals surface area (Å²) in [5.41, 5.74) is 0.994. The number of aromatic nitrogens is 3. The zero-order chi connectivity index (χ0) is 22.1. The van der Waals surface area contributed by atoms with Crippen LogP contribution in [-0.4, -0.2) is 63.6 Å². The van der Waals surface area contributed by atoms with Gasteiger partial charge in [-0.2, -0.15) is 18.3 Å². The van der Waals surface area contributed by atoms with E-state index >= 15 is 0 Å². The molecule has 0 atom stereocenters. The third-order valence-corrected chi connectivity index (χ3v) is 5.82. The van der Waals surface area contributed by atoms with Gasteiger partial charge in [0.2, 0.25) is 5.91 Å². The molecule has 4 rings (SSSR count). The lowest BCUT2D eigenvalue weighted by Crippen LogP contribution is -2.48. The van der Waals surface area contributed by atoms with Crippen LogP contribution in [0, 0.1) is 5.41 Å². The summed E-state index contributed by atoms with van der Waals surface area (Å²) in [4.78, 5) is 19.6. The van der Waals surface area contributed by atoms with Crippen LogP contribution in [0.25, 0.3) is 11.4 Å². The van der Waals surface area contributed by atoms with Crippen molar-refractivity contribution in [3.05, 3.63) is 24.0 Å². The summed E-state index contributed by atoms with van der Waals surface area (Å²) in [5, 5.41) is 19.4. The predicted molar refractivity (Wildman–Crippen MR) is 110 cm³/mol. The maximum absolute atomic E-state index is 13.1. The number of aromatic amines is 1. The Morgan fingerprint density at radius 1 is 1.23 bits per heavy atom. The van der Waals surface area contributed by atoms with E-state index in [1.807, 2.05) is 0 Å². The predicted octanol–water partition coefficient (Wildman–Crippen LogP) is 3.40. The molecule has 2 aromatic rings. The molecule has 2 fully saturated rings. The van der Waals surface area contributed by atoms with Gasteiger partial charge in [-0.05, 0) is 44.8 Å².